The fraction of sp³-hybridized carbons (Fsp3) is 0.556. The average Bonchev–Trinajstić information content (AvgIpc) is 3.30. The van der Waals surface area contributed by atoms with Gasteiger partial charge in [0.2, 0.25) is 5.91 Å². The molecule has 0 aromatic heterocycles. The number of rotatable bonds is 5. The predicted octanol–water partition coefficient (Wildman–Crippen LogP) is 3.29. The fourth-order valence-corrected chi connectivity index (χ4v) is 3.71. The molecule has 2 fully saturated rings. The van der Waals surface area contributed by atoms with Crippen molar-refractivity contribution in [2.75, 3.05) is 13.1 Å². The highest BCUT2D eigenvalue weighted by atomic mass is 19.4. The Balaban J connectivity index is 1.72. The summed E-state index contributed by atoms with van der Waals surface area (Å²) >= 11 is 0. The van der Waals surface area contributed by atoms with E-state index in [-0.39, 0.29) is 30.5 Å². The molecule has 4 nitrogen and oxygen atoms in total. The molecule has 1 heterocycles. The first-order valence-electron chi connectivity index (χ1n) is 8.39. The molecule has 25 heavy (non-hydrogen) atoms. The average molecular weight is 355 g/mol. The minimum absolute atomic E-state index is 0.00863. The molecule has 136 valence electrons. The summed E-state index contributed by atoms with van der Waals surface area (Å²) in [5.74, 6) is -3.99. The van der Waals surface area contributed by atoms with E-state index < -0.39 is 36.3 Å². The van der Waals surface area contributed by atoms with Gasteiger partial charge in [0.25, 0.3) is 0 Å². The number of halogens is 3. The summed E-state index contributed by atoms with van der Waals surface area (Å²) in [5.41, 5.74) is 0.0519. The molecule has 1 amide bonds. The molecule has 1 saturated carbocycles. The molecule has 3 rings (SSSR count). The molecule has 1 aliphatic heterocycles. The molecule has 0 radical (unpaired) electrons. The Morgan fingerprint density at radius 3 is 2.32 bits per heavy atom. The normalized spacial score (nSPS) is 25.0. The van der Waals surface area contributed by atoms with E-state index >= 15 is 0 Å². The summed E-state index contributed by atoms with van der Waals surface area (Å²) < 4.78 is 40.2. The second-order valence-electron chi connectivity index (χ2n) is 6.95. The molecule has 2 aliphatic rings. The number of carbonyl (C=O) groups excluding carboxylic acids is 1. The number of hydrogen-bond acceptors (Lipinski definition) is 2. The number of carbonyl (C=O) groups is 2. The second kappa shape index (κ2) is 6.69. The third-order valence-corrected chi connectivity index (χ3v) is 5.24. The Labute approximate surface area is 143 Å². The largest absolute Gasteiger partial charge is 0.481 e. The van der Waals surface area contributed by atoms with Crippen molar-refractivity contribution in [3.05, 3.63) is 35.9 Å². The van der Waals surface area contributed by atoms with Crippen LogP contribution in [0.25, 0.3) is 0 Å². The Morgan fingerprint density at radius 1 is 1.16 bits per heavy atom. The van der Waals surface area contributed by atoms with Gasteiger partial charge in [-0.2, -0.15) is 13.2 Å². The Morgan fingerprint density at radius 2 is 1.80 bits per heavy atom. The summed E-state index contributed by atoms with van der Waals surface area (Å²) in [6.07, 6.45) is -3.34. The maximum absolute atomic E-state index is 13.4. The molecule has 1 unspecified atom stereocenters. The van der Waals surface area contributed by atoms with E-state index in [1.54, 1.807) is 6.07 Å². The van der Waals surface area contributed by atoms with Crippen molar-refractivity contribution >= 4 is 11.9 Å². The van der Waals surface area contributed by atoms with Gasteiger partial charge in [-0.05, 0) is 30.2 Å². The van der Waals surface area contributed by atoms with Crippen LogP contribution in [0.4, 0.5) is 13.2 Å². The highest BCUT2D eigenvalue weighted by Crippen LogP contribution is 2.45. The molecule has 1 aromatic rings. The molecule has 1 aromatic carbocycles. The molecular weight excluding hydrogens is 335 g/mol. The SMILES string of the molecule is O=C(O)[C@H]1CN(C(=O)CC(c2ccccc2)C(F)(F)F)C[C@@H]1C1CC1. The van der Waals surface area contributed by atoms with Crippen molar-refractivity contribution in [1.29, 1.82) is 0 Å². The quantitative estimate of drug-likeness (QED) is 0.882. The summed E-state index contributed by atoms with van der Waals surface area (Å²) in [6, 6.07) is 7.37. The number of nitrogens with zero attached hydrogens (tertiary/aromatic N) is 1. The van der Waals surface area contributed by atoms with Crippen molar-refractivity contribution in [2.45, 2.75) is 31.4 Å². The number of alkyl halides is 3. The van der Waals surface area contributed by atoms with Crippen LogP contribution >= 0.6 is 0 Å². The number of hydrogen-bond donors (Lipinski definition) is 1. The molecule has 1 saturated heterocycles. The summed E-state index contributed by atoms with van der Waals surface area (Å²) in [7, 11) is 0. The van der Waals surface area contributed by atoms with Gasteiger partial charge in [0, 0.05) is 19.5 Å². The van der Waals surface area contributed by atoms with Crippen LogP contribution in [0, 0.1) is 17.8 Å². The van der Waals surface area contributed by atoms with Gasteiger partial charge in [-0.15, -0.1) is 0 Å². The van der Waals surface area contributed by atoms with E-state index in [0.29, 0.717) is 0 Å². The molecule has 1 N–H and O–H groups in total. The lowest BCUT2D eigenvalue weighted by Crippen LogP contribution is -2.34. The lowest BCUT2D eigenvalue weighted by atomic mass is 9.92. The minimum Gasteiger partial charge on any atom is -0.481 e. The topological polar surface area (TPSA) is 57.6 Å². The zero-order chi connectivity index (χ0) is 18.2. The zero-order valence-corrected chi connectivity index (χ0v) is 13.6. The monoisotopic (exact) mass is 355 g/mol. The van der Waals surface area contributed by atoms with E-state index in [9.17, 15) is 27.9 Å². The van der Waals surface area contributed by atoms with Crippen LogP contribution in [0.5, 0.6) is 0 Å². The van der Waals surface area contributed by atoms with E-state index in [4.69, 9.17) is 0 Å². The van der Waals surface area contributed by atoms with Crippen LogP contribution in [0.3, 0.4) is 0 Å². The van der Waals surface area contributed by atoms with Crippen molar-refractivity contribution in [1.82, 2.24) is 4.90 Å². The van der Waals surface area contributed by atoms with Gasteiger partial charge in [-0.25, -0.2) is 0 Å². The van der Waals surface area contributed by atoms with Gasteiger partial charge in [0.05, 0.1) is 11.8 Å². The number of likely N-dealkylation sites (tertiary alicyclic amines) is 1. The Bertz CT molecular complexity index is 643. The van der Waals surface area contributed by atoms with Crippen molar-refractivity contribution < 1.29 is 27.9 Å². The summed E-state index contributed by atoms with van der Waals surface area (Å²) in [6.45, 7) is 0.258. The molecule has 1 aliphatic carbocycles. The first kappa shape index (κ1) is 17.8. The van der Waals surface area contributed by atoms with E-state index in [1.807, 2.05) is 0 Å². The first-order valence-corrected chi connectivity index (χ1v) is 8.39. The van der Waals surface area contributed by atoms with Crippen molar-refractivity contribution in [3.8, 4) is 0 Å². The zero-order valence-electron chi connectivity index (χ0n) is 13.6. The second-order valence-corrected chi connectivity index (χ2v) is 6.95. The predicted molar refractivity (Wildman–Crippen MR) is 83.8 cm³/mol. The van der Waals surface area contributed by atoms with Crippen LogP contribution in [0.15, 0.2) is 30.3 Å². The molecule has 7 heteroatoms. The Hall–Kier alpha value is -2.05. The van der Waals surface area contributed by atoms with E-state index in [2.05, 4.69) is 0 Å². The smallest absolute Gasteiger partial charge is 0.396 e. The maximum Gasteiger partial charge on any atom is 0.396 e. The van der Waals surface area contributed by atoms with Gasteiger partial charge in [-0.1, -0.05) is 30.3 Å². The van der Waals surface area contributed by atoms with Crippen molar-refractivity contribution in [2.24, 2.45) is 17.8 Å². The third kappa shape index (κ3) is 3.96. The van der Waals surface area contributed by atoms with Crippen LogP contribution in [0.1, 0.15) is 30.7 Å². The van der Waals surface area contributed by atoms with Crippen LogP contribution in [-0.4, -0.2) is 41.1 Å². The van der Waals surface area contributed by atoms with Gasteiger partial charge in [0.15, 0.2) is 0 Å². The lowest BCUT2D eigenvalue weighted by Gasteiger charge is -2.23. The number of carboxylic acid groups (broad SMARTS) is 1. The van der Waals surface area contributed by atoms with Gasteiger partial charge in [-0.3, -0.25) is 9.59 Å². The summed E-state index contributed by atoms with van der Waals surface area (Å²) in [5, 5.41) is 9.33. The Kier molecular flexibility index (Phi) is 4.75. The van der Waals surface area contributed by atoms with Crippen LogP contribution < -0.4 is 0 Å². The summed E-state index contributed by atoms with van der Waals surface area (Å²) in [4.78, 5) is 25.2. The maximum atomic E-state index is 13.4. The number of carboxylic acids is 1. The third-order valence-electron chi connectivity index (χ3n) is 5.24. The number of aliphatic carboxylic acids is 1. The number of amides is 1. The van der Waals surface area contributed by atoms with Gasteiger partial charge < -0.3 is 10.0 Å². The first-order chi connectivity index (χ1) is 11.8. The van der Waals surface area contributed by atoms with E-state index in [1.165, 1.54) is 29.2 Å². The van der Waals surface area contributed by atoms with Crippen LogP contribution in [0.2, 0.25) is 0 Å². The minimum atomic E-state index is -4.53. The standard InChI is InChI=1S/C18H20F3NO3/c19-18(20,21)15(12-4-2-1-3-5-12)8-16(23)22-9-13(11-6-7-11)14(10-22)17(24)25/h1-5,11,13-15H,6-10H2,(H,24,25)/t13-,14+,15?/m1/s1. The highest BCUT2D eigenvalue weighted by Gasteiger charge is 2.48. The van der Waals surface area contributed by atoms with Gasteiger partial charge >= 0.3 is 12.1 Å². The fourth-order valence-electron chi connectivity index (χ4n) is 3.71. The molecule has 0 bridgehead atoms. The van der Waals surface area contributed by atoms with Crippen molar-refractivity contribution in [3.63, 3.8) is 0 Å². The van der Waals surface area contributed by atoms with Gasteiger partial charge in [0.1, 0.15) is 0 Å². The number of benzene rings is 1. The highest BCUT2D eigenvalue weighted by molar-refractivity contribution is 5.80. The molecular formula is C18H20F3NO3. The molecule has 0 spiro atoms. The molecule has 3 atom stereocenters. The lowest BCUT2D eigenvalue weighted by molar-refractivity contribution is -0.160. The van der Waals surface area contributed by atoms with Crippen LogP contribution in [-0.2, 0) is 9.59 Å². The van der Waals surface area contributed by atoms with E-state index in [0.717, 1.165) is 12.8 Å².